The molecule has 8 heteroatoms. The number of carbonyl (C=O) groups is 4. The minimum Gasteiger partial charge on any atom is -0.464 e. The van der Waals surface area contributed by atoms with E-state index in [1.54, 1.807) is 19.1 Å². The number of methoxy groups -OCH3 is 1. The van der Waals surface area contributed by atoms with Gasteiger partial charge in [-0.05, 0) is 19.1 Å². The van der Waals surface area contributed by atoms with Gasteiger partial charge in [0, 0.05) is 11.6 Å². The van der Waals surface area contributed by atoms with Crippen LogP contribution >= 0.6 is 0 Å². The first kappa shape index (κ1) is 16.4. The molecule has 2 amide bonds. The number of rotatable bonds is 4. The lowest BCUT2D eigenvalue weighted by molar-refractivity contribution is -0.152. The molecule has 128 valence electrons. The second-order valence-electron chi connectivity index (χ2n) is 5.28. The summed E-state index contributed by atoms with van der Waals surface area (Å²) in [6.07, 6.45) is 1.08. The number of esters is 2. The van der Waals surface area contributed by atoms with Crippen molar-refractivity contribution in [2.75, 3.05) is 7.11 Å². The third kappa shape index (κ3) is 2.78. The molecule has 0 aliphatic carbocycles. The predicted octanol–water partition coefficient (Wildman–Crippen LogP) is 1.14. The van der Waals surface area contributed by atoms with Crippen LogP contribution in [0, 0.1) is 0 Å². The number of benzene rings is 1. The van der Waals surface area contributed by atoms with E-state index in [1.807, 2.05) is 0 Å². The summed E-state index contributed by atoms with van der Waals surface area (Å²) in [6.45, 7) is 1.60. The minimum atomic E-state index is -1.04. The zero-order valence-corrected chi connectivity index (χ0v) is 13.3. The van der Waals surface area contributed by atoms with Crippen molar-refractivity contribution in [3.8, 4) is 0 Å². The van der Waals surface area contributed by atoms with Gasteiger partial charge >= 0.3 is 11.9 Å². The highest BCUT2D eigenvalue weighted by Crippen LogP contribution is 2.27. The highest BCUT2D eigenvalue weighted by Gasteiger charge is 2.40. The molecule has 1 aromatic carbocycles. The van der Waals surface area contributed by atoms with Gasteiger partial charge in [-0.2, -0.15) is 0 Å². The standard InChI is InChI=1S/C17H13NO7/c1-9-7-13(19)25-17(9)24-8-12(16(22)23-2)18-14(20)10-5-3-4-6-11(10)15(18)21/h3-8,17H,1-2H3/b12-8-/t17-/m1/s1. The SMILES string of the molecule is COC(=O)/C(=C/O[C@@H]1OC(=O)C=C1C)N1C(=O)c2ccccc2C1=O. The summed E-state index contributed by atoms with van der Waals surface area (Å²) in [5.41, 5.74) is 0.411. The average Bonchev–Trinajstić information content (AvgIpc) is 3.05. The van der Waals surface area contributed by atoms with Crippen LogP contribution in [0.2, 0.25) is 0 Å². The fourth-order valence-corrected chi connectivity index (χ4v) is 2.45. The molecule has 2 heterocycles. The topological polar surface area (TPSA) is 99.2 Å². The van der Waals surface area contributed by atoms with Crippen molar-refractivity contribution in [2.24, 2.45) is 0 Å². The fourth-order valence-electron chi connectivity index (χ4n) is 2.45. The van der Waals surface area contributed by atoms with E-state index in [4.69, 9.17) is 9.47 Å². The van der Waals surface area contributed by atoms with Gasteiger partial charge in [0.2, 0.25) is 0 Å². The first-order valence-electron chi connectivity index (χ1n) is 7.24. The van der Waals surface area contributed by atoms with Crippen molar-refractivity contribution in [1.29, 1.82) is 0 Å². The highest BCUT2D eigenvalue weighted by molar-refractivity contribution is 6.24. The maximum Gasteiger partial charge on any atom is 0.358 e. The number of imide groups is 1. The summed E-state index contributed by atoms with van der Waals surface area (Å²) in [4.78, 5) is 48.9. The van der Waals surface area contributed by atoms with E-state index in [1.165, 1.54) is 18.2 Å². The van der Waals surface area contributed by atoms with Crippen molar-refractivity contribution >= 4 is 23.8 Å². The molecular weight excluding hydrogens is 330 g/mol. The molecule has 0 unspecified atom stereocenters. The second-order valence-corrected chi connectivity index (χ2v) is 5.28. The van der Waals surface area contributed by atoms with Gasteiger partial charge in [0.1, 0.15) is 6.26 Å². The Hall–Kier alpha value is -3.42. The Kier molecular flexibility index (Phi) is 4.10. The molecule has 3 rings (SSSR count). The van der Waals surface area contributed by atoms with Gasteiger partial charge in [0.25, 0.3) is 18.1 Å². The smallest absolute Gasteiger partial charge is 0.358 e. The van der Waals surface area contributed by atoms with E-state index < -0.39 is 35.7 Å². The monoisotopic (exact) mass is 343 g/mol. The number of amides is 2. The summed E-state index contributed by atoms with van der Waals surface area (Å²) in [5.74, 6) is -2.87. The van der Waals surface area contributed by atoms with Crippen LogP contribution in [-0.4, -0.2) is 42.1 Å². The normalized spacial score (nSPS) is 19.5. The number of nitrogens with zero attached hydrogens (tertiary/aromatic N) is 1. The van der Waals surface area contributed by atoms with E-state index in [2.05, 4.69) is 4.74 Å². The molecule has 0 bridgehead atoms. The maximum absolute atomic E-state index is 12.5. The van der Waals surface area contributed by atoms with E-state index >= 15 is 0 Å². The Balaban J connectivity index is 1.92. The van der Waals surface area contributed by atoms with Crippen LogP contribution < -0.4 is 0 Å². The molecule has 0 N–H and O–H groups in total. The summed E-state index contributed by atoms with van der Waals surface area (Å²) < 4.78 is 14.8. The molecule has 2 aliphatic heterocycles. The molecule has 1 atom stereocenters. The zero-order chi connectivity index (χ0) is 18.1. The third-order valence-corrected chi connectivity index (χ3v) is 3.67. The van der Waals surface area contributed by atoms with Crippen molar-refractivity contribution in [1.82, 2.24) is 4.90 Å². The van der Waals surface area contributed by atoms with Crippen LogP contribution in [0.3, 0.4) is 0 Å². The second kappa shape index (κ2) is 6.23. The van der Waals surface area contributed by atoms with Gasteiger partial charge in [0.05, 0.1) is 18.2 Å². The van der Waals surface area contributed by atoms with Gasteiger partial charge in [-0.1, -0.05) is 12.1 Å². The molecule has 0 saturated heterocycles. The van der Waals surface area contributed by atoms with Crippen LogP contribution in [0.4, 0.5) is 0 Å². The average molecular weight is 343 g/mol. The molecule has 0 aromatic heterocycles. The Bertz CT molecular complexity index is 817. The first-order valence-corrected chi connectivity index (χ1v) is 7.24. The zero-order valence-electron chi connectivity index (χ0n) is 13.3. The van der Waals surface area contributed by atoms with Crippen molar-refractivity contribution < 1.29 is 33.4 Å². The van der Waals surface area contributed by atoms with E-state index in [0.29, 0.717) is 10.5 Å². The Morgan fingerprint density at radius 1 is 1.16 bits per heavy atom. The van der Waals surface area contributed by atoms with Gasteiger partial charge < -0.3 is 14.2 Å². The molecule has 0 radical (unpaired) electrons. The summed E-state index contributed by atoms with van der Waals surface area (Å²) >= 11 is 0. The lowest BCUT2D eigenvalue weighted by atomic mass is 10.1. The third-order valence-electron chi connectivity index (χ3n) is 3.67. The van der Waals surface area contributed by atoms with Crippen LogP contribution in [0.15, 0.2) is 47.9 Å². The largest absolute Gasteiger partial charge is 0.464 e. The molecule has 0 spiro atoms. The lowest BCUT2D eigenvalue weighted by Crippen LogP contribution is -2.34. The quantitative estimate of drug-likeness (QED) is 0.350. The first-order chi connectivity index (χ1) is 11.9. The Morgan fingerprint density at radius 2 is 1.76 bits per heavy atom. The van der Waals surface area contributed by atoms with Crippen molar-refractivity contribution in [3.05, 3.63) is 59.0 Å². The van der Waals surface area contributed by atoms with Crippen LogP contribution in [-0.2, 0) is 23.8 Å². The number of ether oxygens (including phenoxy) is 3. The van der Waals surface area contributed by atoms with Crippen LogP contribution in [0.25, 0.3) is 0 Å². The number of hydrogen-bond donors (Lipinski definition) is 0. The molecule has 0 saturated carbocycles. The number of carbonyl (C=O) groups excluding carboxylic acids is 4. The van der Waals surface area contributed by atoms with Gasteiger partial charge in [-0.3, -0.25) is 9.59 Å². The summed E-state index contributed by atoms with van der Waals surface area (Å²) in [7, 11) is 1.11. The number of fused-ring (bicyclic) bond motifs is 1. The number of cyclic esters (lactones) is 1. The van der Waals surface area contributed by atoms with Gasteiger partial charge in [-0.15, -0.1) is 0 Å². The fraction of sp³-hybridized carbons (Fsp3) is 0.176. The van der Waals surface area contributed by atoms with Gasteiger partial charge in [-0.25, -0.2) is 14.5 Å². The van der Waals surface area contributed by atoms with Crippen LogP contribution in [0.1, 0.15) is 27.6 Å². The van der Waals surface area contributed by atoms with E-state index in [9.17, 15) is 19.2 Å². The highest BCUT2D eigenvalue weighted by atomic mass is 16.7. The van der Waals surface area contributed by atoms with Gasteiger partial charge in [0.15, 0.2) is 5.70 Å². The Morgan fingerprint density at radius 3 is 2.24 bits per heavy atom. The van der Waals surface area contributed by atoms with E-state index in [0.717, 1.165) is 13.4 Å². The lowest BCUT2D eigenvalue weighted by Gasteiger charge is -2.17. The number of hydrogen-bond acceptors (Lipinski definition) is 7. The minimum absolute atomic E-state index is 0.172. The van der Waals surface area contributed by atoms with Crippen molar-refractivity contribution in [2.45, 2.75) is 13.2 Å². The summed E-state index contributed by atoms with van der Waals surface area (Å²) in [5, 5.41) is 0. The Labute approximate surface area is 142 Å². The molecule has 1 aromatic rings. The molecule has 2 aliphatic rings. The maximum atomic E-state index is 12.5. The van der Waals surface area contributed by atoms with Crippen molar-refractivity contribution in [3.63, 3.8) is 0 Å². The molecular formula is C17H13NO7. The van der Waals surface area contributed by atoms with Crippen LogP contribution in [0.5, 0.6) is 0 Å². The molecule has 8 nitrogen and oxygen atoms in total. The predicted molar refractivity (Wildman–Crippen MR) is 81.8 cm³/mol. The summed E-state index contributed by atoms with van der Waals surface area (Å²) in [6, 6.07) is 6.18. The van der Waals surface area contributed by atoms with E-state index in [-0.39, 0.29) is 11.1 Å². The molecule has 0 fully saturated rings. The molecule has 25 heavy (non-hydrogen) atoms.